The molecule has 4 nitrogen and oxygen atoms in total. The lowest BCUT2D eigenvalue weighted by Gasteiger charge is -2.02. The van der Waals surface area contributed by atoms with Gasteiger partial charge in [0.25, 0.3) is 0 Å². The monoisotopic (exact) mass is 299 g/mol. The molecule has 0 fully saturated rings. The van der Waals surface area contributed by atoms with Gasteiger partial charge in [0.2, 0.25) is 0 Å². The first-order chi connectivity index (χ1) is 10.0. The Kier molecular flexibility index (Phi) is 3.51. The molecule has 0 unspecified atom stereocenters. The van der Waals surface area contributed by atoms with Gasteiger partial charge in [0.05, 0.1) is 16.4 Å². The standard InChI is InChI=1S/C16H17N3OS/c1-9-4-5-12(6-14(9)17)15-8-21-16(18-15)7-13-10(2)19-20-11(13)3/h4-6,8H,7,17H2,1-3H3. The number of thiazole rings is 1. The number of benzene rings is 1. The third-order valence-corrected chi connectivity index (χ3v) is 4.48. The van der Waals surface area contributed by atoms with Crippen LogP contribution in [0.15, 0.2) is 28.1 Å². The molecule has 0 aliphatic carbocycles. The van der Waals surface area contributed by atoms with Crippen LogP contribution in [0.3, 0.4) is 0 Å². The zero-order valence-corrected chi connectivity index (χ0v) is 13.1. The molecule has 2 N–H and O–H groups in total. The third kappa shape index (κ3) is 2.69. The quantitative estimate of drug-likeness (QED) is 0.745. The van der Waals surface area contributed by atoms with Gasteiger partial charge in [-0.05, 0) is 32.4 Å². The van der Waals surface area contributed by atoms with Crippen LogP contribution in [-0.4, -0.2) is 10.1 Å². The summed E-state index contributed by atoms with van der Waals surface area (Å²) in [7, 11) is 0. The van der Waals surface area contributed by atoms with Crippen molar-refractivity contribution >= 4 is 17.0 Å². The topological polar surface area (TPSA) is 64.9 Å². The van der Waals surface area contributed by atoms with E-state index in [1.165, 1.54) is 0 Å². The number of hydrogen-bond donors (Lipinski definition) is 1. The molecule has 0 saturated heterocycles. The van der Waals surface area contributed by atoms with E-state index < -0.39 is 0 Å². The van der Waals surface area contributed by atoms with Gasteiger partial charge in [0.15, 0.2) is 0 Å². The zero-order valence-electron chi connectivity index (χ0n) is 12.3. The minimum Gasteiger partial charge on any atom is -0.398 e. The predicted octanol–water partition coefficient (Wildman–Crippen LogP) is 3.90. The molecule has 0 spiro atoms. The highest BCUT2D eigenvalue weighted by Crippen LogP contribution is 2.27. The van der Waals surface area contributed by atoms with Crippen molar-refractivity contribution in [3.05, 3.63) is 51.2 Å². The van der Waals surface area contributed by atoms with Crippen molar-refractivity contribution < 1.29 is 4.52 Å². The molecule has 5 heteroatoms. The molecule has 0 aliphatic rings. The molecule has 1 aromatic carbocycles. The molecule has 0 bridgehead atoms. The number of hydrogen-bond acceptors (Lipinski definition) is 5. The van der Waals surface area contributed by atoms with Crippen molar-refractivity contribution in [2.75, 3.05) is 5.73 Å². The first-order valence-electron chi connectivity index (χ1n) is 6.77. The largest absolute Gasteiger partial charge is 0.398 e. The van der Waals surface area contributed by atoms with E-state index in [0.717, 1.165) is 51.0 Å². The Bertz CT molecular complexity index is 769. The summed E-state index contributed by atoms with van der Waals surface area (Å²) < 4.78 is 5.20. The summed E-state index contributed by atoms with van der Waals surface area (Å²) >= 11 is 1.65. The van der Waals surface area contributed by atoms with Gasteiger partial charge in [-0.1, -0.05) is 17.3 Å². The summed E-state index contributed by atoms with van der Waals surface area (Å²) in [6.45, 7) is 5.90. The number of nitrogens with two attached hydrogens (primary N) is 1. The number of aromatic nitrogens is 2. The third-order valence-electron chi connectivity index (χ3n) is 3.64. The van der Waals surface area contributed by atoms with Crippen LogP contribution in [-0.2, 0) is 6.42 Å². The summed E-state index contributed by atoms with van der Waals surface area (Å²) in [6, 6.07) is 6.06. The second kappa shape index (κ2) is 5.33. The Labute approximate surface area is 127 Å². The van der Waals surface area contributed by atoms with Crippen LogP contribution in [0, 0.1) is 20.8 Å². The van der Waals surface area contributed by atoms with Crippen LogP contribution in [0.1, 0.15) is 27.6 Å². The van der Waals surface area contributed by atoms with Crippen LogP contribution < -0.4 is 5.73 Å². The van der Waals surface area contributed by atoms with Gasteiger partial charge in [0, 0.05) is 28.6 Å². The molecular weight excluding hydrogens is 282 g/mol. The van der Waals surface area contributed by atoms with E-state index >= 15 is 0 Å². The molecule has 0 saturated carbocycles. The molecule has 21 heavy (non-hydrogen) atoms. The zero-order chi connectivity index (χ0) is 15.0. The van der Waals surface area contributed by atoms with Crippen LogP contribution in [0.2, 0.25) is 0 Å². The second-order valence-corrected chi connectivity index (χ2v) is 6.12. The average molecular weight is 299 g/mol. The fraction of sp³-hybridized carbons (Fsp3) is 0.250. The Morgan fingerprint density at radius 1 is 1.24 bits per heavy atom. The van der Waals surface area contributed by atoms with Gasteiger partial charge < -0.3 is 10.3 Å². The normalized spacial score (nSPS) is 11.0. The minimum atomic E-state index is 0.757. The molecule has 0 radical (unpaired) electrons. The number of rotatable bonds is 3. The highest BCUT2D eigenvalue weighted by atomic mass is 32.1. The Balaban J connectivity index is 1.88. The Morgan fingerprint density at radius 2 is 2.05 bits per heavy atom. The van der Waals surface area contributed by atoms with Crippen LogP contribution >= 0.6 is 11.3 Å². The first-order valence-corrected chi connectivity index (χ1v) is 7.65. The number of nitrogen functional groups attached to an aromatic ring is 1. The second-order valence-electron chi connectivity index (χ2n) is 5.18. The summed E-state index contributed by atoms with van der Waals surface area (Å²) in [5.41, 5.74) is 11.9. The van der Waals surface area contributed by atoms with Crippen molar-refractivity contribution in [1.29, 1.82) is 0 Å². The summed E-state index contributed by atoms with van der Waals surface area (Å²) in [5, 5.41) is 7.11. The molecule has 2 heterocycles. The predicted molar refractivity (Wildman–Crippen MR) is 85.5 cm³/mol. The molecule has 108 valence electrons. The maximum atomic E-state index is 5.97. The molecule has 0 aliphatic heterocycles. The fourth-order valence-corrected chi connectivity index (χ4v) is 3.05. The van der Waals surface area contributed by atoms with Gasteiger partial charge in [-0.2, -0.15) is 0 Å². The van der Waals surface area contributed by atoms with E-state index in [1.54, 1.807) is 11.3 Å². The van der Waals surface area contributed by atoms with E-state index in [1.807, 2.05) is 32.9 Å². The Morgan fingerprint density at radius 3 is 2.71 bits per heavy atom. The van der Waals surface area contributed by atoms with Crippen molar-refractivity contribution in [2.24, 2.45) is 0 Å². The fourth-order valence-electron chi connectivity index (χ4n) is 2.23. The van der Waals surface area contributed by atoms with E-state index in [0.29, 0.717) is 0 Å². The SMILES string of the molecule is Cc1ccc(-c2csc(Cc3c(C)noc3C)n2)cc1N. The Hall–Kier alpha value is -2.14. The number of aryl methyl sites for hydroxylation is 3. The van der Waals surface area contributed by atoms with E-state index in [4.69, 9.17) is 15.2 Å². The van der Waals surface area contributed by atoms with Crippen LogP contribution in [0.25, 0.3) is 11.3 Å². The van der Waals surface area contributed by atoms with E-state index in [9.17, 15) is 0 Å². The lowest BCUT2D eigenvalue weighted by Crippen LogP contribution is -1.92. The van der Waals surface area contributed by atoms with Crippen LogP contribution in [0.4, 0.5) is 5.69 Å². The minimum absolute atomic E-state index is 0.757. The average Bonchev–Trinajstić information content (AvgIpc) is 3.04. The van der Waals surface area contributed by atoms with Crippen molar-refractivity contribution in [3.63, 3.8) is 0 Å². The lowest BCUT2D eigenvalue weighted by atomic mass is 10.1. The van der Waals surface area contributed by atoms with Crippen molar-refractivity contribution in [2.45, 2.75) is 27.2 Å². The van der Waals surface area contributed by atoms with Gasteiger partial charge in [-0.3, -0.25) is 0 Å². The van der Waals surface area contributed by atoms with Crippen LogP contribution in [0.5, 0.6) is 0 Å². The van der Waals surface area contributed by atoms with E-state index in [-0.39, 0.29) is 0 Å². The molecule has 3 rings (SSSR count). The number of nitrogens with zero attached hydrogens (tertiary/aromatic N) is 2. The highest BCUT2D eigenvalue weighted by Gasteiger charge is 2.13. The molecule has 0 atom stereocenters. The first kappa shape index (κ1) is 13.8. The summed E-state index contributed by atoms with van der Waals surface area (Å²) in [5.74, 6) is 0.865. The van der Waals surface area contributed by atoms with Gasteiger partial charge in [0.1, 0.15) is 5.76 Å². The molecule has 0 amide bonds. The lowest BCUT2D eigenvalue weighted by molar-refractivity contribution is 0.392. The van der Waals surface area contributed by atoms with Gasteiger partial charge >= 0.3 is 0 Å². The maximum Gasteiger partial charge on any atom is 0.137 e. The van der Waals surface area contributed by atoms with Crippen molar-refractivity contribution in [3.8, 4) is 11.3 Å². The molecule has 2 aromatic heterocycles. The van der Waals surface area contributed by atoms with Crippen molar-refractivity contribution in [1.82, 2.24) is 10.1 Å². The molecular formula is C16H17N3OS. The van der Waals surface area contributed by atoms with Gasteiger partial charge in [-0.25, -0.2) is 4.98 Å². The highest BCUT2D eigenvalue weighted by molar-refractivity contribution is 7.10. The number of anilines is 1. The van der Waals surface area contributed by atoms with E-state index in [2.05, 4.69) is 16.6 Å². The van der Waals surface area contributed by atoms with Gasteiger partial charge in [-0.15, -0.1) is 11.3 Å². The summed E-state index contributed by atoms with van der Waals surface area (Å²) in [6.07, 6.45) is 0.757. The maximum absolute atomic E-state index is 5.97. The smallest absolute Gasteiger partial charge is 0.137 e. The summed E-state index contributed by atoms with van der Waals surface area (Å²) in [4.78, 5) is 4.70. The molecule has 3 aromatic rings.